The van der Waals surface area contributed by atoms with Gasteiger partial charge < -0.3 is 14.8 Å². The van der Waals surface area contributed by atoms with Gasteiger partial charge in [-0.05, 0) is 49.6 Å². The van der Waals surface area contributed by atoms with Crippen LogP contribution in [0.3, 0.4) is 0 Å². The summed E-state index contributed by atoms with van der Waals surface area (Å²) in [6.45, 7) is 3.42. The van der Waals surface area contributed by atoms with Gasteiger partial charge in [0.2, 0.25) is 0 Å². The van der Waals surface area contributed by atoms with E-state index < -0.39 is 16.6 Å². The number of rotatable bonds is 6. The van der Waals surface area contributed by atoms with Crippen LogP contribution in [-0.4, -0.2) is 33.5 Å². The van der Waals surface area contributed by atoms with Crippen molar-refractivity contribution in [3.8, 4) is 5.69 Å². The monoisotopic (exact) mass is 423 g/mol. The van der Waals surface area contributed by atoms with E-state index >= 15 is 0 Å². The highest BCUT2D eigenvalue weighted by molar-refractivity contribution is 5.95. The number of hydrogen-bond donors (Lipinski definition) is 1. The fourth-order valence-electron chi connectivity index (χ4n) is 3.81. The molecule has 1 N–H and O–H groups in total. The zero-order chi connectivity index (χ0) is 22.0. The molecule has 0 saturated carbocycles. The molecule has 9 heteroatoms. The highest BCUT2D eigenvalue weighted by Crippen LogP contribution is 2.31. The second-order valence-corrected chi connectivity index (χ2v) is 7.47. The number of nitro benzene ring substituents is 1. The molecule has 0 unspecified atom stereocenters. The summed E-state index contributed by atoms with van der Waals surface area (Å²) in [5, 5.41) is 14.2. The van der Waals surface area contributed by atoms with Gasteiger partial charge in [0.15, 0.2) is 0 Å². The molecule has 1 saturated heterocycles. The van der Waals surface area contributed by atoms with Gasteiger partial charge in [-0.3, -0.25) is 14.9 Å². The fourth-order valence-corrected chi connectivity index (χ4v) is 3.81. The van der Waals surface area contributed by atoms with Crippen molar-refractivity contribution >= 4 is 17.3 Å². The third-order valence-corrected chi connectivity index (χ3v) is 5.43. The molecule has 4 rings (SSSR count). The zero-order valence-electron chi connectivity index (χ0n) is 17.0. The number of benzene rings is 2. The van der Waals surface area contributed by atoms with Crippen molar-refractivity contribution in [1.82, 2.24) is 14.9 Å². The Balaban J connectivity index is 1.47. The number of aryl methyl sites for hydroxylation is 1. The van der Waals surface area contributed by atoms with Crippen LogP contribution >= 0.6 is 0 Å². The summed E-state index contributed by atoms with van der Waals surface area (Å²) in [5.74, 6) is -0.219. The Bertz CT molecular complexity index is 1140. The lowest BCUT2D eigenvalue weighted by Crippen LogP contribution is -2.24. The number of carbonyl (C=O) groups excluding carboxylic acids is 1. The van der Waals surface area contributed by atoms with Crippen LogP contribution in [-0.2, 0) is 6.54 Å². The largest absolute Gasteiger partial charge is 0.366 e. The molecular weight excluding hydrogens is 401 g/mol. The van der Waals surface area contributed by atoms with Gasteiger partial charge >= 0.3 is 0 Å². The maximum atomic E-state index is 14.5. The Hall–Kier alpha value is -3.75. The number of anilines is 1. The average molecular weight is 423 g/mol. The van der Waals surface area contributed by atoms with Crippen molar-refractivity contribution < 1.29 is 14.1 Å². The number of amides is 1. The number of hydrogen-bond acceptors (Lipinski definition) is 5. The van der Waals surface area contributed by atoms with Crippen molar-refractivity contribution in [3.05, 3.63) is 81.7 Å². The predicted octanol–water partition coefficient (Wildman–Crippen LogP) is 3.76. The molecule has 0 spiro atoms. The SMILES string of the molecule is Cc1nccn1-c1ccc(CNC(=O)c2ccc(N3CCCC3)c([N+](=O)[O-])c2)cc1F. The first-order valence-electron chi connectivity index (χ1n) is 10.0. The zero-order valence-corrected chi connectivity index (χ0v) is 17.0. The quantitative estimate of drug-likeness (QED) is 0.481. The van der Waals surface area contributed by atoms with Gasteiger partial charge in [-0.15, -0.1) is 0 Å². The number of aromatic nitrogens is 2. The van der Waals surface area contributed by atoms with E-state index in [2.05, 4.69) is 10.3 Å². The molecule has 3 aromatic rings. The smallest absolute Gasteiger partial charge is 0.293 e. The van der Waals surface area contributed by atoms with E-state index in [1.54, 1.807) is 48.1 Å². The van der Waals surface area contributed by atoms with E-state index in [1.807, 2.05) is 4.90 Å². The molecule has 1 aliphatic heterocycles. The van der Waals surface area contributed by atoms with E-state index in [1.165, 1.54) is 12.1 Å². The van der Waals surface area contributed by atoms with Crippen LogP contribution in [0.2, 0.25) is 0 Å². The second-order valence-electron chi connectivity index (χ2n) is 7.47. The van der Waals surface area contributed by atoms with E-state index in [4.69, 9.17) is 0 Å². The third-order valence-electron chi connectivity index (χ3n) is 5.43. The average Bonchev–Trinajstić information content (AvgIpc) is 3.44. The molecule has 8 nitrogen and oxygen atoms in total. The topological polar surface area (TPSA) is 93.3 Å². The highest BCUT2D eigenvalue weighted by Gasteiger charge is 2.23. The minimum atomic E-state index is -0.462. The molecule has 0 radical (unpaired) electrons. The summed E-state index contributed by atoms with van der Waals surface area (Å²) in [6, 6.07) is 9.21. The number of halogens is 1. The van der Waals surface area contributed by atoms with Crippen molar-refractivity contribution in [3.63, 3.8) is 0 Å². The van der Waals surface area contributed by atoms with Crippen molar-refractivity contribution in [2.24, 2.45) is 0 Å². The van der Waals surface area contributed by atoms with Gasteiger partial charge in [-0.2, -0.15) is 0 Å². The van der Waals surface area contributed by atoms with E-state index in [0.717, 1.165) is 25.9 Å². The van der Waals surface area contributed by atoms with Crippen LogP contribution in [0, 0.1) is 22.9 Å². The Morgan fingerprint density at radius 1 is 1.19 bits per heavy atom. The normalized spacial score (nSPS) is 13.4. The Labute approximate surface area is 178 Å². The summed E-state index contributed by atoms with van der Waals surface area (Å²) < 4.78 is 16.2. The number of nitrogens with one attached hydrogen (secondary N) is 1. The van der Waals surface area contributed by atoms with Gasteiger partial charge in [-0.25, -0.2) is 9.37 Å². The van der Waals surface area contributed by atoms with Crippen LogP contribution in [0.4, 0.5) is 15.8 Å². The van der Waals surface area contributed by atoms with Gasteiger partial charge in [0, 0.05) is 43.7 Å². The molecule has 2 aromatic carbocycles. The van der Waals surface area contributed by atoms with Crippen LogP contribution in [0.1, 0.15) is 34.6 Å². The van der Waals surface area contributed by atoms with Crippen molar-refractivity contribution in [2.75, 3.05) is 18.0 Å². The molecule has 1 aliphatic rings. The molecule has 1 aromatic heterocycles. The summed E-state index contributed by atoms with van der Waals surface area (Å²) >= 11 is 0. The number of carbonyl (C=O) groups is 1. The Morgan fingerprint density at radius 3 is 2.58 bits per heavy atom. The molecule has 31 heavy (non-hydrogen) atoms. The maximum Gasteiger partial charge on any atom is 0.293 e. The minimum Gasteiger partial charge on any atom is -0.366 e. The van der Waals surface area contributed by atoms with Crippen LogP contribution in [0.15, 0.2) is 48.8 Å². The Kier molecular flexibility index (Phi) is 5.66. The van der Waals surface area contributed by atoms with Gasteiger partial charge in [0.25, 0.3) is 11.6 Å². The van der Waals surface area contributed by atoms with Gasteiger partial charge in [0.1, 0.15) is 17.3 Å². The number of imidazole rings is 1. The highest BCUT2D eigenvalue weighted by atomic mass is 19.1. The lowest BCUT2D eigenvalue weighted by atomic mass is 10.1. The second kappa shape index (κ2) is 8.55. The van der Waals surface area contributed by atoms with Crippen LogP contribution in [0.25, 0.3) is 5.69 Å². The third kappa shape index (κ3) is 4.25. The van der Waals surface area contributed by atoms with Crippen molar-refractivity contribution in [1.29, 1.82) is 0 Å². The van der Waals surface area contributed by atoms with Crippen LogP contribution in [0.5, 0.6) is 0 Å². The molecular formula is C22H22FN5O3. The number of nitrogens with zero attached hydrogens (tertiary/aromatic N) is 4. The predicted molar refractivity (Wildman–Crippen MR) is 114 cm³/mol. The maximum absolute atomic E-state index is 14.5. The van der Waals surface area contributed by atoms with E-state index in [0.29, 0.717) is 22.8 Å². The fraction of sp³-hybridized carbons (Fsp3) is 0.273. The van der Waals surface area contributed by atoms with Crippen LogP contribution < -0.4 is 10.2 Å². The molecule has 1 amide bonds. The first kappa shape index (κ1) is 20.5. The lowest BCUT2D eigenvalue weighted by molar-refractivity contribution is -0.384. The van der Waals surface area contributed by atoms with Gasteiger partial charge in [-0.1, -0.05) is 6.07 Å². The van der Waals surface area contributed by atoms with E-state index in [9.17, 15) is 19.3 Å². The molecule has 1 fully saturated rings. The lowest BCUT2D eigenvalue weighted by Gasteiger charge is -2.17. The Morgan fingerprint density at radius 2 is 1.94 bits per heavy atom. The molecule has 0 atom stereocenters. The molecule has 160 valence electrons. The molecule has 0 aliphatic carbocycles. The first-order valence-corrected chi connectivity index (χ1v) is 10.0. The first-order chi connectivity index (χ1) is 14.9. The molecule has 0 bridgehead atoms. The van der Waals surface area contributed by atoms with Gasteiger partial charge in [0.05, 0.1) is 10.6 Å². The standard InChI is InChI=1S/C22H22FN5O3/c1-15-24-8-11-27(15)19-6-4-16(12-18(19)23)14-25-22(29)17-5-7-20(21(13-17)28(30)31)26-9-2-3-10-26/h4-8,11-13H,2-3,9-10,14H2,1H3,(H,25,29). The minimum absolute atomic E-state index is 0.0827. The molecule has 2 heterocycles. The summed E-state index contributed by atoms with van der Waals surface area (Å²) in [6.07, 6.45) is 5.26. The number of nitro groups is 1. The summed E-state index contributed by atoms with van der Waals surface area (Å²) in [5.41, 5.74) is 1.60. The van der Waals surface area contributed by atoms with E-state index in [-0.39, 0.29) is 17.8 Å². The summed E-state index contributed by atoms with van der Waals surface area (Å²) in [4.78, 5) is 29.7. The van der Waals surface area contributed by atoms with Crippen molar-refractivity contribution in [2.45, 2.75) is 26.3 Å². The summed E-state index contributed by atoms with van der Waals surface area (Å²) in [7, 11) is 0.